The molecule has 4 nitrogen and oxygen atoms in total. The fourth-order valence-corrected chi connectivity index (χ4v) is 4.49. The van der Waals surface area contributed by atoms with Crippen LogP contribution in [0.1, 0.15) is 38.7 Å². The van der Waals surface area contributed by atoms with E-state index in [1.165, 1.54) is 27.3 Å². The quantitative estimate of drug-likeness (QED) is 0.650. The van der Waals surface area contributed by atoms with Gasteiger partial charge in [-0.3, -0.25) is 4.79 Å². The van der Waals surface area contributed by atoms with Gasteiger partial charge in [0.25, 0.3) is 5.91 Å². The molecular weight excluding hydrogens is 382 g/mol. The topological polar surface area (TPSA) is 36.8 Å². The van der Waals surface area contributed by atoms with E-state index in [1.807, 2.05) is 31.2 Å². The molecule has 4 rings (SSSR count). The Bertz CT molecular complexity index is 1040. The standard InChI is InChI=1S/C27H31N3O/c1-20-7-6-10-23(17-20)27(31)28-18-26(22-11-13-25(14-12-22)29(2)3)30-16-15-21-8-4-5-9-24(21)19-30/h4-14,17,26H,15-16,18-19H2,1-3H3,(H,28,31)/p+1/t26-/m0/s1. The van der Waals surface area contributed by atoms with Crippen molar-refractivity contribution in [2.75, 3.05) is 32.1 Å². The average molecular weight is 415 g/mol. The number of carbonyl (C=O) groups excluding carboxylic acids is 1. The second-order valence-electron chi connectivity index (χ2n) is 8.72. The van der Waals surface area contributed by atoms with Crippen LogP contribution in [0.2, 0.25) is 0 Å². The predicted octanol–water partition coefficient (Wildman–Crippen LogP) is 3.17. The Labute approximate surface area is 185 Å². The van der Waals surface area contributed by atoms with Gasteiger partial charge in [-0.15, -0.1) is 0 Å². The molecular formula is C27H32N3O+. The maximum absolute atomic E-state index is 12.8. The van der Waals surface area contributed by atoms with Crippen molar-refractivity contribution in [2.24, 2.45) is 0 Å². The maximum Gasteiger partial charge on any atom is 0.251 e. The third-order valence-electron chi connectivity index (χ3n) is 6.30. The molecule has 1 heterocycles. The highest BCUT2D eigenvalue weighted by Crippen LogP contribution is 2.19. The summed E-state index contributed by atoms with van der Waals surface area (Å²) in [5, 5.41) is 3.21. The van der Waals surface area contributed by atoms with Gasteiger partial charge in [0.15, 0.2) is 0 Å². The Morgan fingerprint density at radius 1 is 1.00 bits per heavy atom. The normalized spacial score (nSPS) is 16.3. The molecule has 0 aromatic heterocycles. The lowest BCUT2D eigenvalue weighted by Crippen LogP contribution is -3.12. The Morgan fingerprint density at radius 3 is 2.45 bits per heavy atom. The van der Waals surface area contributed by atoms with Gasteiger partial charge < -0.3 is 15.1 Å². The molecule has 1 aliphatic rings. The summed E-state index contributed by atoms with van der Waals surface area (Å²) in [7, 11) is 4.11. The van der Waals surface area contributed by atoms with Gasteiger partial charge >= 0.3 is 0 Å². The zero-order valence-electron chi connectivity index (χ0n) is 18.7. The molecule has 160 valence electrons. The second-order valence-corrected chi connectivity index (χ2v) is 8.72. The Kier molecular flexibility index (Phi) is 6.38. The van der Waals surface area contributed by atoms with Crippen LogP contribution in [0.3, 0.4) is 0 Å². The molecule has 3 aromatic carbocycles. The molecule has 0 bridgehead atoms. The maximum atomic E-state index is 12.8. The minimum absolute atomic E-state index is 0.00424. The van der Waals surface area contributed by atoms with Crippen molar-refractivity contribution in [3.05, 3.63) is 101 Å². The molecule has 3 aromatic rings. The molecule has 0 spiro atoms. The van der Waals surface area contributed by atoms with Crippen molar-refractivity contribution in [3.63, 3.8) is 0 Å². The number of anilines is 1. The van der Waals surface area contributed by atoms with Crippen LogP contribution in [0.5, 0.6) is 0 Å². The number of nitrogens with zero attached hydrogens (tertiary/aromatic N) is 1. The number of carbonyl (C=O) groups is 1. The zero-order chi connectivity index (χ0) is 21.8. The number of nitrogens with one attached hydrogen (secondary N) is 2. The first-order valence-corrected chi connectivity index (χ1v) is 11.0. The van der Waals surface area contributed by atoms with Crippen LogP contribution in [0.4, 0.5) is 5.69 Å². The fraction of sp³-hybridized carbons (Fsp3) is 0.296. The number of benzene rings is 3. The average Bonchev–Trinajstić information content (AvgIpc) is 2.79. The van der Waals surface area contributed by atoms with E-state index < -0.39 is 0 Å². The van der Waals surface area contributed by atoms with Gasteiger partial charge in [-0.1, -0.05) is 54.1 Å². The molecule has 1 amide bonds. The van der Waals surface area contributed by atoms with Gasteiger partial charge in [-0.2, -0.15) is 0 Å². The van der Waals surface area contributed by atoms with Gasteiger partial charge in [0.05, 0.1) is 13.1 Å². The summed E-state index contributed by atoms with van der Waals surface area (Å²) in [6.07, 6.45) is 1.07. The summed E-state index contributed by atoms with van der Waals surface area (Å²) >= 11 is 0. The van der Waals surface area contributed by atoms with Crippen molar-refractivity contribution in [1.29, 1.82) is 0 Å². The van der Waals surface area contributed by atoms with Gasteiger partial charge in [-0.05, 0) is 36.8 Å². The summed E-state index contributed by atoms with van der Waals surface area (Å²) in [4.78, 5) is 16.4. The number of hydrogen-bond acceptors (Lipinski definition) is 2. The highest BCUT2D eigenvalue weighted by molar-refractivity contribution is 5.94. The van der Waals surface area contributed by atoms with E-state index in [1.54, 1.807) is 0 Å². The molecule has 4 heteroatoms. The molecule has 0 aliphatic carbocycles. The summed E-state index contributed by atoms with van der Waals surface area (Å²) in [6.45, 7) is 4.68. The minimum atomic E-state index is -0.00424. The molecule has 2 N–H and O–H groups in total. The monoisotopic (exact) mass is 414 g/mol. The van der Waals surface area contributed by atoms with E-state index in [4.69, 9.17) is 0 Å². The largest absolute Gasteiger partial charge is 0.378 e. The van der Waals surface area contributed by atoms with E-state index in [0.717, 1.165) is 30.6 Å². The van der Waals surface area contributed by atoms with Crippen molar-refractivity contribution in [3.8, 4) is 0 Å². The molecule has 1 unspecified atom stereocenters. The lowest BCUT2D eigenvalue weighted by atomic mass is 9.96. The number of quaternary nitrogens is 1. The van der Waals surface area contributed by atoms with Crippen LogP contribution in [0.25, 0.3) is 0 Å². The second kappa shape index (κ2) is 9.36. The summed E-state index contributed by atoms with van der Waals surface area (Å²) < 4.78 is 0. The van der Waals surface area contributed by atoms with Crippen LogP contribution in [-0.4, -0.2) is 33.1 Å². The van der Waals surface area contributed by atoms with Crippen molar-refractivity contribution < 1.29 is 9.69 Å². The minimum Gasteiger partial charge on any atom is -0.378 e. The van der Waals surface area contributed by atoms with E-state index in [2.05, 4.69) is 72.8 Å². The molecule has 0 saturated carbocycles. The van der Waals surface area contributed by atoms with Crippen LogP contribution in [0, 0.1) is 6.92 Å². The Hall–Kier alpha value is -3.11. The van der Waals surface area contributed by atoms with E-state index in [-0.39, 0.29) is 11.9 Å². The molecule has 2 atom stereocenters. The lowest BCUT2D eigenvalue weighted by Gasteiger charge is -2.33. The van der Waals surface area contributed by atoms with Crippen LogP contribution >= 0.6 is 0 Å². The molecule has 1 aliphatic heterocycles. The van der Waals surface area contributed by atoms with Gasteiger partial charge in [-0.25, -0.2) is 0 Å². The molecule has 0 fully saturated rings. The van der Waals surface area contributed by atoms with Gasteiger partial charge in [0.1, 0.15) is 12.6 Å². The van der Waals surface area contributed by atoms with E-state index in [9.17, 15) is 4.79 Å². The van der Waals surface area contributed by atoms with Crippen molar-refractivity contribution >= 4 is 11.6 Å². The highest BCUT2D eigenvalue weighted by atomic mass is 16.1. The van der Waals surface area contributed by atoms with Crippen LogP contribution in [0.15, 0.2) is 72.8 Å². The lowest BCUT2D eigenvalue weighted by molar-refractivity contribution is -0.945. The van der Waals surface area contributed by atoms with Crippen molar-refractivity contribution in [1.82, 2.24) is 5.32 Å². The third kappa shape index (κ3) is 4.97. The first-order chi connectivity index (χ1) is 15.0. The first-order valence-electron chi connectivity index (χ1n) is 11.0. The van der Waals surface area contributed by atoms with E-state index >= 15 is 0 Å². The molecule has 31 heavy (non-hydrogen) atoms. The fourth-order valence-electron chi connectivity index (χ4n) is 4.49. The zero-order valence-corrected chi connectivity index (χ0v) is 18.7. The Balaban J connectivity index is 1.56. The summed E-state index contributed by atoms with van der Waals surface area (Å²) in [5.41, 5.74) is 7.15. The summed E-state index contributed by atoms with van der Waals surface area (Å²) in [5.74, 6) is -0.00424. The van der Waals surface area contributed by atoms with Crippen LogP contribution in [-0.2, 0) is 13.0 Å². The number of fused-ring (bicyclic) bond motifs is 1. The number of amides is 1. The number of hydrogen-bond donors (Lipinski definition) is 2. The molecule has 0 saturated heterocycles. The predicted molar refractivity (Wildman–Crippen MR) is 127 cm³/mol. The number of aryl methyl sites for hydroxylation is 1. The third-order valence-corrected chi connectivity index (χ3v) is 6.30. The van der Waals surface area contributed by atoms with Gasteiger partial charge in [0, 0.05) is 42.9 Å². The smallest absolute Gasteiger partial charge is 0.251 e. The highest BCUT2D eigenvalue weighted by Gasteiger charge is 2.29. The number of rotatable bonds is 6. The first kappa shape index (κ1) is 21.1. The van der Waals surface area contributed by atoms with Crippen LogP contribution < -0.4 is 15.1 Å². The van der Waals surface area contributed by atoms with E-state index in [0.29, 0.717) is 6.54 Å². The van der Waals surface area contributed by atoms with Crippen molar-refractivity contribution in [2.45, 2.75) is 25.9 Å². The Morgan fingerprint density at radius 2 is 1.74 bits per heavy atom. The molecule has 0 radical (unpaired) electrons. The van der Waals surface area contributed by atoms with Gasteiger partial charge in [0.2, 0.25) is 0 Å². The SMILES string of the molecule is Cc1cccc(C(=O)NC[C@@H](c2ccc(N(C)C)cc2)[NH+]2CCc3ccccc3C2)c1. The summed E-state index contributed by atoms with van der Waals surface area (Å²) in [6, 6.07) is 25.5.